The van der Waals surface area contributed by atoms with E-state index >= 15 is 0 Å². The monoisotopic (exact) mass is 235 g/mol. The van der Waals surface area contributed by atoms with Crippen LogP contribution >= 0.6 is 0 Å². The van der Waals surface area contributed by atoms with Crippen LogP contribution in [0.1, 0.15) is 32.1 Å². The molecule has 5 nitrogen and oxygen atoms in total. The maximum absolute atomic E-state index is 11.7. The molecule has 6 heteroatoms. The van der Waals surface area contributed by atoms with Crippen LogP contribution in [0, 0.1) is 0 Å². The molecule has 1 rings (SSSR count). The molecule has 15 heavy (non-hydrogen) atoms. The predicted octanol–water partition coefficient (Wildman–Crippen LogP) is 0.0440. The van der Waals surface area contributed by atoms with Crippen LogP contribution in [0.25, 0.3) is 0 Å². The Morgan fingerprint density at radius 1 is 1.33 bits per heavy atom. The fourth-order valence-electron chi connectivity index (χ4n) is 2.25. The highest BCUT2D eigenvalue weighted by atomic mass is 32.2. The number of nitrogens with zero attached hydrogens (tertiary/aromatic N) is 1. The highest BCUT2D eigenvalue weighted by Crippen LogP contribution is 2.33. The molecule has 1 aliphatic carbocycles. The fourth-order valence-corrected chi connectivity index (χ4v) is 3.29. The van der Waals surface area contributed by atoms with Crippen molar-refractivity contribution in [1.29, 1.82) is 0 Å². The molecule has 0 unspecified atom stereocenters. The SMILES string of the molecule is CNS(=O)(=O)N(C)C1(CN)CCCCC1. The minimum Gasteiger partial charge on any atom is -0.329 e. The first-order valence-electron chi connectivity index (χ1n) is 5.36. The van der Waals surface area contributed by atoms with Crippen LogP contribution in [-0.4, -0.2) is 38.9 Å². The maximum atomic E-state index is 11.7. The molecule has 0 heterocycles. The first kappa shape index (κ1) is 12.9. The summed E-state index contributed by atoms with van der Waals surface area (Å²) in [6.45, 7) is 0.393. The van der Waals surface area contributed by atoms with Crippen molar-refractivity contribution >= 4 is 10.2 Å². The zero-order chi connectivity index (χ0) is 11.5. The van der Waals surface area contributed by atoms with Gasteiger partial charge in [-0.2, -0.15) is 12.7 Å². The number of rotatable bonds is 4. The molecule has 0 amide bonds. The highest BCUT2D eigenvalue weighted by molar-refractivity contribution is 7.87. The molecule has 0 aromatic rings. The van der Waals surface area contributed by atoms with Crippen molar-refractivity contribution in [3.8, 4) is 0 Å². The summed E-state index contributed by atoms with van der Waals surface area (Å²) in [6.07, 6.45) is 5.01. The van der Waals surface area contributed by atoms with E-state index in [1.807, 2.05) is 0 Å². The van der Waals surface area contributed by atoms with Gasteiger partial charge in [0.05, 0.1) is 0 Å². The zero-order valence-electron chi connectivity index (χ0n) is 9.49. The Labute approximate surface area is 92.2 Å². The summed E-state index contributed by atoms with van der Waals surface area (Å²) in [5.41, 5.74) is 5.38. The lowest BCUT2D eigenvalue weighted by molar-refractivity contribution is 0.158. The van der Waals surface area contributed by atoms with Crippen molar-refractivity contribution in [2.24, 2.45) is 5.73 Å². The normalized spacial score (nSPS) is 21.9. The molecule has 0 atom stereocenters. The van der Waals surface area contributed by atoms with Gasteiger partial charge in [0.1, 0.15) is 0 Å². The van der Waals surface area contributed by atoms with Crippen molar-refractivity contribution in [3.63, 3.8) is 0 Å². The van der Waals surface area contributed by atoms with E-state index in [0.29, 0.717) is 6.54 Å². The molecule has 0 aromatic heterocycles. The van der Waals surface area contributed by atoms with Crippen LogP contribution in [0.4, 0.5) is 0 Å². The van der Waals surface area contributed by atoms with Gasteiger partial charge in [-0.1, -0.05) is 19.3 Å². The Hall–Kier alpha value is -0.170. The summed E-state index contributed by atoms with van der Waals surface area (Å²) in [7, 11) is -0.320. The standard InChI is InChI=1S/C9H21N3O2S/c1-11-15(13,14)12(2)9(8-10)6-4-3-5-7-9/h11H,3-8,10H2,1-2H3. The van der Waals surface area contributed by atoms with E-state index in [9.17, 15) is 8.42 Å². The van der Waals surface area contributed by atoms with E-state index < -0.39 is 10.2 Å². The van der Waals surface area contributed by atoms with Gasteiger partial charge in [-0.25, -0.2) is 4.72 Å². The number of nitrogens with two attached hydrogens (primary N) is 1. The molecular weight excluding hydrogens is 214 g/mol. The summed E-state index contributed by atoms with van der Waals surface area (Å²) in [5, 5.41) is 0. The Morgan fingerprint density at radius 3 is 2.27 bits per heavy atom. The van der Waals surface area contributed by atoms with Crippen molar-refractivity contribution in [2.75, 3.05) is 20.6 Å². The second kappa shape index (κ2) is 4.78. The van der Waals surface area contributed by atoms with Crippen molar-refractivity contribution in [2.45, 2.75) is 37.6 Å². The van der Waals surface area contributed by atoms with Crippen LogP contribution < -0.4 is 10.5 Å². The minimum atomic E-state index is -3.37. The molecule has 0 aromatic carbocycles. The molecule has 0 saturated heterocycles. The zero-order valence-corrected chi connectivity index (χ0v) is 10.3. The van der Waals surface area contributed by atoms with E-state index in [2.05, 4.69) is 4.72 Å². The van der Waals surface area contributed by atoms with Gasteiger partial charge in [-0.3, -0.25) is 0 Å². The second-order valence-corrected chi connectivity index (χ2v) is 6.07. The van der Waals surface area contributed by atoms with Crippen LogP contribution in [0.15, 0.2) is 0 Å². The lowest BCUT2D eigenvalue weighted by Gasteiger charge is -2.42. The molecule has 1 aliphatic rings. The summed E-state index contributed by atoms with van der Waals surface area (Å²) >= 11 is 0. The number of likely N-dealkylation sites (N-methyl/N-ethyl adjacent to an activating group) is 1. The van der Waals surface area contributed by atoms with Gasteiger partial charge in [0, 0.05) is 26.2 Å². The highest BCUT2D eigenvalue weighted by Gasteiger charge is 2.40. The molecule has 0 radical (unpaired) electrons. The topological polar surface area (TPSA) is 75.4 Å². The average molecular weight is 235 g/mol. The van der Waals surface area contributed by atoms with Gasteiger partial charge in [-0.05, 0) is 12.8 Å². The average Bonchev–Trinajstić information content (AvgIpc) is 2.29. The molecule has 0 aliphatic heterocycles. The fraction of sp³-hybridized carbons (Fsp3) is 1.00. The Balaban J connectivity index is 2.90. The molecule has 1 fully saturated rings. The minimum absolute atomic E-state index is 0.375. The van der Waals surface area contributed by atoms with Gasteiger partial charge in [0.25, 0.3) is 10.2 Å². The van der Waals surface area contributed by atoms with E-state index in [1.54, 1.807) is 7.05 Å². The molecule has 90 valence electrons. The van der Waals surface area contributed by atoms with Crippen molar-refractivity contribution < 1.29 is 8.42 Å². The summed E-state index contributed by atoms with van der Waals surface area (Å²) in [5.74, 6) is 0. The largest absolute Gasteiger partial charge is 0.329 e. The smallest absolute Gasteiger partial charge is 0.279 e. The van der Waals surface area contributed by atoms with E-state index in [4.69, 9.17) is 5.73 Å². The summed E-state index contributed by atoms with van der Waals surface area (Å²) in [6, 6.07) is 0. The molecular formula is C9H21N3O2S. The quantitative estimate of drug-likeness (QED) is 0.722. The lowest BCUT2D eigenvalue weighted by atomic mass is 9.82. The molecule has 0 spiro atoms. The van der Waals surface area contributed by atoms with Crippen LogP contribution in [0.5, 0.6) is 0 Å². The third-order valence-corrected chi connectivity index (χ3v) is 5.07. The lowest BCUT2D eigenvalue weighted by Crippen LogP contribution is -2.57. The van der Waals surface area contributed by atoms with Crippen molar-refractivity contribution in [3.05, 3.63) is 0 Å². The van der Waals surface area contributed by atoms with Crippen LogP contribution in [0.3, 0.4) is 0 Å². The number of nitrogens with one attached hydrogen (secondary N) is 1. The molecule has 1 saturated carbocycles. The maximum Gasteiger partial charge on any atom is 0.279 e. The van der Waals surface area contributed by atoms with Crippen molar-refractivity contribution in [1.82, 2.24) is 9.03 Å². The Morgan fingerprint density at radius 2 is 1.87 bits per heavy atom. The number of hydrogen-bond donors (Lipinski definition) is 2. The second-order valence-electron chi connectivity index (χ2n) is 4.17. The van der Waals surface area contributed by atoms with E-state index in [1.165, 1.54) is 17.8 Å². The first-order valence-corrected chi connectivity index (χ1v) is 6.80. The Bertz CT molecular complexity index is 296. The Kier molecular flexibility index (Phi) is 4.11. The van der Waals surface area contributed by atoms with Gasteiger partial charge >= 0.3 is 0 Å². The third kappa shape index (κ3) is 2.50. The predicted molar refractivity (Wildman–Crippen MR) is 60.6 cm³/mol. The van der Waals surface area contributed by atoms with Gasteiger partial charge in [0.15, 0.2) is 0 Å². The molecule has 0 bridgehead atoms. The van der Waals surface area contributed by atoms with Gasteiger partial charge in [-0.15, -0.1) is 0 Å². The van der Waals surface area contributed by atoms with E-state index in [0.717, 1.165) is 25.7 Å². The van der Waals surface area contributed by atoms with Crippen LogP contribution in [0.2, 0.25) is 0 Å². The molecule has 3 N–H and O–H groups in total. The van der Waals surface area contributed by atoms with Gasteiger partial charge in [0.2, 0.25) is 0 Å². The third-order valence-electron chi connectivity index (χ3n) is 3.45. The van der Waals surface area contributed by atoms with Crippen LogP contribution in [-0.2, 0) is 10.2 Å². The summed E-state index contributed by atoms with van der Waals surface area (Å²) < 4.78 is 27.2. The first-order chi connectivity index (χ1) is 6.98. The van der Waals surface area contributed by atoms with Gasteiger partial charge < -0.3 is 5.73 Å². The van der Waals surface area contributed by atoms with E-state index in [-0.39, 0.29) is 5.54 Å². The number of hydrogen-bond acceptors (Lipinski definition) is 3. The summed E-state index contributed by atoms with van der Waals surface area (Å²) in [4.78, 5) is 0.